The summed E-state index contributed by atoms with van der Waals surface area (Å²) < 4.78 is 4.83. The Morgan fingerprint density at radius 2 is 1.62 bits per heavy atom. The summed E-state index contributed by atoms with van der Waals surface area (Å²) in [5.41, 5.74) is 5.03. The van der Waals surface area contributed by atoms with E-state index in [9.17, 15) is 9.59 Å². The summed E-state index contributed by atoms with van der Waals surface area (Å²) in [5, 5.41) is 0. The van der Waals surface area contributed by atoms with Crippen molar-refractivity contribution in [3.05, 3.63) is 82.2 Å². The molecule has 1 heterocycles. The molecule has 0 unspecified atom stereocenters. The molecule has 0 saturated carbocycles. The van der Waals surface area contributed by atoms with Crippen LogP contribution in [0.5, 0.6) is 0 Å². The maximum atomic E-state index is 13.0. The Labute approximate surface area is 153 Å². The summed E-state index contributed by atoms with van der Waals surface area (Å²) in [5.74, 6) is -0.935. The lowest BCUT2D eigenvalue weighted by Crippen LogP contribution is -2.18. The molecule has 0 atom stereocenters. The molecule has 132 valence electrons. The minimum absolute atomic E-state index is 0.0776. The number of benzene rings is 2. The van der Waals surface area contributed by atoms with Gasteiger partial charge in [-0.3, -0.25) is 4.79 Å². The zero-order chi connectivity index (χ0) is 18.8. The lowest BCUT2D eigenvalue weighted by atomic mass is 10.1. The monoisotopic (exact) mass is 347 g/mol. The maximum Gasteiger partial charge on any atom is 0.343 e. The van der Waals surface area contributed by atoms with Crippen molar-refractivity contribution in [3.63, 3.8) is 0 Å². The molecule has 2 aromatic carbocycles. The third-order valence-corrected chi connectivity index (χ3v) is 4.35. The van der Waals surface area contributed by atoms with E-state index in [2.05, 4.69) is 6.07 Å². The van der Waals surface area contributed by atoms with Crippen molar-refractivity contribution < 1.29 is 14.3 Å². The molecule has 2 aromatic rings. The average molecular weight is 347 g/mol. The minimum Gasteiger partial charge on any atom is -0.465 e. The molecule has 0 spiro atoms. The van der Waals surface area contributed by atoms with Crippen LogP contribution in [0.15, 0.2) is 65.5 Å². The molecule has 0 aliphatic carbocycles. The molecule has 4 heteroatoms. The normalized spacial score (nSPS) is 15.8. The standard InChI is InChI=1S/C22H21NO3/c1-14-10-15(2)12-18(11-14)23-16(3)20(22(25)26-4)21(24)19(23)13-17-8-6-5-7-9-17/h5-13H,1-4H3/b19-13+. The molecule has 0 aromatic heterocycles. The van der Waals surface area contributed by atoms with Crippen LogP contribution in [0.1, 0.15) is 23.6 Å². The molecule has 0 amide bonds. The van der Waals surface area contributed by atoms with E-state index in [1.54, 1.807) is 13.0 Å². The summed E-state index contributed by atoms with van der Waals surface area (Å²) in [6, 6.07) is 15.7. The molecular formula is C22H21NO3. The van der Waals surface area contributed by atoms with Gasteiger partial charge in [-0.15, -0.1) is 0 Å². The van der Waals surface area contributed by atoms with E-state index in [0.717, 1.165) is 22.4 Å². The zero-order valence-electron chi connectivity index (χ0n) is 15.4. The van der Waals surface area contributed by atoms with Crippen molar-refractivity contribution in [3.8, 4) is 0 Å². The largest absolute Gasteiger partial charge is 0.465 e. The SMILES string of the molecule is COC(=O)C1=C(C)N(c2cc(C)cc(C)c2)/C(=C/c2ccccc2)C1=O. The fraction of sp³-hybridized carbons (Fsp3) is 0.182. The quantitative estimate of drug-likeness (QED) is 0.475. The van der Waals surface area contributed by atoms with E-state index in [4.69, 9.17) is 4.74 Å². The van der Waals surface area contributed by atoms with Crippen LogP contribution < -0.4 is 4.90 Å². The van der Waals surface area contributed by atoms with Crippen molar-refractivity contribution in [2.75, 3.05) is 12.0 Å². The number of hydrogen-bond donors (Lipinski definition) is 0. The third-order valence-electron chi connectivity index (χ3n) is 4.35. The smallest absolute Gasteiger partial charge is 0.343 e. The predicted molar refractivity (Wildman–Crippen MR) is 103 cm³/mol. The second-order valence-corrected chi connectivity index (χ2v) is 6.40. The second-order valence-electron chi connectivity index (χ2n) is 6.40. The number of carbonyl (C=O) groups is 2. The highest BCUT2D eigenvalue weighted by Gasteiger charge is 2.38. The van der Waals surface area contributed by atoms with Crippen molar-refractivity contribution in [2.24, 2.45) is 0 Å². The topological polar surface area (TPSA) is 46.6 Å². The second kappa shape index (κ2) is 7.00. The number of ketones is 1. The van der Waals surface area contributed by atoms with Crippen molar-refractivity contribution in [2.45, 2.75) is 20.8 Å². The van der Waals surface area contributed by atoms with E-state index in [1.807, 2.05) is 61.2 Å². The van der Waals surface area contributed by atoms with Gasteiger partial charge in [0.1, 0.15) is 5.57 Å². The van der Waals surface area contributed by atoms with Crippen molar-refractivity contribution >= 4 is 23.5 Å². The van der Waals surface area contributed by atoms with Crippen LogP contribution in [-0.4, -0.2) is 18.9 Å². The van der Waals surface area contributed by atoms with Gasteiger partial charge in [-0.1, -0.05) is 36.4 Å². The van der Waals surface area contributed by atoms with Crippen LogP contribution in [0.2, 0.25) is 0 Å². The number of hydrogen-bond acceptors (Lipinski definition) is 4. The molecule has 26 heavy (non-hydrogen) atoms. The predicted octanol–water partition coefficient (Wildman–Crippen LogP) is 4.18. The molecule has 0 bridgehead atoms. The Morgan fingerprint density at radius 1 is 1.00 bits per heavy atom. The summed E-state index contributed by atoms with van der Waals surface area (Å²) >= 11 is 0. The fourth-order valence-corrected chi connectivity index (χ4v) is 3.28. The van der Waals surface area contributed by atoms with Crippen molar-refractivity contribution in [1.82, 2.24) is 0 Å². The van der Waals surface area contributed by atoms with Gasteiger partial charge in [0.25, 0.3) is 0 Å². The van der Waals surface area contributed by atoms with Gasteiger partial charge in [-0.25, -0.2) is 4.79 Å². The van der Waals surface area contributed by atoms with Gasteiger partial charge in [-0.05, 0) is 55.7 Å². The first-order valence-corrected chi connectivity index (χ1v) is 8.41. The third kappa shape index (κ3) is 3.18. The Kier molecular flexibility index (Phi) is 4.76. The van der Waals surface area contributed by atoms with Gasteiger partial charge in [0.15, 0.2) is 0 Å². The van der Waals surface area contributed by atoms with Gasteiger partial charge in [0.2, 0.25) is 5.78 Å². The number of Topliss-reactive ketones (excluding diaryl/α,β-unsaturated/α-hetero) is 1. The number of nitrogens with zero attached hydrogens (tertiary/aromatic N) is 1. The van der Waals surface area contributed by atoms with Crippen molar-refractivity contribution in [1.29, 1.82) is 0 Å². The first-order valence-electron chi connectivity index (χ1n) is 8.41. The Balaban J connectivity index is 2.20. The van der Waals surface area contributed by atoms with Gasteiger partial charge >= 0.3 is 5.97 Å². The highest BCUT2D eigenvalue weighted by molar-refractivity contribution is 6.30. The number of carbonyl (C=O) groups excluding carboxylic acids is 2. The van der Waals surface area contributed by atoms with E-state index in [0.29, 0.717) is 11.4 Å². The fourth-order valence-electron chi connectivity index (χ4n) is 3.28. The van der Waals surface area contributed by atoms with Crippen LogP contribution in [-0.2, 0) is 14.3 Å². The molecule has 3 rings (SSSR count). The highest BCUT2D eigenvalue weighted by atomic mass is 16.5. The van der Waals surface area contributed by atoms with E-state index < -0.39 is 5.97 Å². The number of esters is 1. The maximum absolute atomic E-state index is 13.0. The Morgan fingerprint density at radius 3 is 2.19 bits per heavy atom. The number of methoxy groups -OCH3 is 1. The van der Waals surface area contributed by atoms with Gasteiger partial charge in [0, 0.05) is 11.4 Å². The average Bonchev–Trinajstić information content (AvgIpc) is 2.84. The molecule has 0 N–H and O–H groups in total. The van der Waals surface area contributed by atoms with E-state index in [-0.39, 0.29) is 11.4 Å². The number of ether oxygens (including phenoxy) is 1. The minimum atomic E-state index is -0.613. The molecule has 0 fully saturated rings. The number of anilines is 1. The summed E-state index contributed by atoms with van der Waals surface area (Å²) in [4.78, 5) is 27.0. The van der Waals surface area contributed by atoms with Crippen LogP contribution in [0, 0.1) is 13.8 Å². The Hall–Kier alpha value is -3.14. The van der Waals surface area contributed by atoms with Crippen LogP contribution in [0.3, 0.4) is 0 Å². The van der Waals surface area contributed by atoms with Crippen LogP contribution in [0.4, 0.5) is 5.69 Å². The van der Waals surface area contributed by atoms with Gasteiger partial charge in [0.05, 0.1) is 12.8 Å². The summed E-state index contributed by atoms with van der Waals surface area (Å²) in [7, 11) is 1.29. The first-order chi connectivity index (χ1) is 12.4. The first kappa shape index (κ1) is 17.7. The van der Waals surface area contributed by atoms with Gasteiger partial charge in [-0.2, -0.15) is 0 Å². The molecule has 1 aliphatic heterocycles. The molecule has 0 radical (unpaired) electrons. The molecule has 1 aliphatic rings. The van der Waals surface area contributed by atoms with Crippen LogP contribution >= 0.6 is 0 Å². The summed E-state index contributed by atoms with van der Waals surface area (Å²) in [6.45, 7) is 5.79. The van der Waals surface area contributed by atoms with Crippen LogP contribution in [0.25, 0.3) is 6.08 Å². The number of aryl methyl sites for hydroxylation is 2. The lowest BCUT2D eigenvalue weighted by molar-refractivity contribution is -0.137. The Bertz CT molecular complexity index is 919. The molecular weight excluding hydrogens is 326 g/mol. The number of rotatable bonds is 3. The van der Waals surface area contributed by atoms with E-state index >= 15 is 0 Å². The summed E-state index contributed by atoms with van der Waals surface area (Å²) in [6.07, 6.45) is 1.80. The molecule has 4 nitrogen and oxygen atoms in total. The zero-order valence-corrected chi connectivity index (χ0v) is 15.4. The van der Waals surface area contributed by atoms with Gasteiger partial charge < -0.3 is 9.64 Å². The lowest BCUT2D eigenvalue weighted by Gasteiger charge is -2.22. The van der Waals surface area contributed by atoms with E-state index in [1.165, 1.54) is 7.11 Å². The molecule has 0 saturated heterocycles. The highest BCUT2D eigenvalue weighted by Crippen LogP contribution is 2.36. The number of allylic oxidation sites excluding steroid dienone is 2.